The SMILES string of the molecule is Cc1ccc(C(Br)Cc2ccccc2C)cc1C. The van der Waals surface area contributed by atoms with Crippen LogP contribution in [0.2, 0.25) is 0 Å². The molecule has 0 saturated carbocycles. The van der Waals surface area contributed by atoms with Gasteiger partial charge >= 0.3 is 0 Å². The first-order chi connectivity index (χ1) is 8.58. The fourth-order valence-electron chi connectivity index (χ4n) is 2.11. The maximum absolute atomic E-state index is 3.82. The number of rotatable bonds is 3. The highest BCUT2D eigenvalue weighted by molar-refractivity contribution is 9.09. The van der Waals surface area contributed by atoms with Gasteiger partial charge in [-0.1, -0.05) is 58.4 Å². The molecular formula is C17H19Br. The van der Waals surface area contributed by atoms with Gasteiger partial charge in [0.1, 0.15) is 0 Å². The maximum Gasteiger partial charge on any atom is 0.0435 e. The van der Waals surface area contributed by atoms with Crippen molar-refractivity contribution in [3.8, 4) is 0 Å². The molecule has 2 aromatic carbocycles. The van der Waals surface area contributed by atoms with E-state index in [-0.39, 0.29) is 0 Å². The van der Waals surface area contributed by atoms with Gasteiger partial charge in [-0.2, -0.15) is 0 Å². The average Bonchev–Trinajstić information content (AvgIpc) is 2.35. The second-order valence-electron chi connectivity index (χ2n) is 4.94. The molecule has 1 unspecified atom stereocenters. The molecule has 0 N–H and O–H groups in total. The first-order valence-electron chi connectivity index (χ1n) is 6.33. The van der Waals surface area contributed by atoms with Crippen molar-refractivity contribution >= 4 is 15.9 Å². The van der Waals surface area contributed by atoms with Crippen LogP contribution in [0.5, 0.6) is 0 Å². The van der Waals surface area contributed by atoms with Crippen molar-refractivity contribution in [1.29, 1.82) is 0 Å². The monoisotopic (exact) mass is 302 g/mol. The van der Waals surface area contributed by atoms with Crippen molar-refractivity contribution in [2.24, 2.45) is 0 Å². The Balaban J connectivity index is 2.19. The first kappa shape index (κ1) is 13.4. The summed E-state index contributed by atoms with van der Waals surface area (Å²) in [5, 5.41) is 0. The van der Waals surface area contributed by atoms with E-state index in [0.29, 0.717) is 4.83 Å². The van der Waals surface area contributed by atoms with Crippen LogP contribution >= 0.6 is 15.9 Å². The minimum atomic E-state index is 0.387. The molecule has 0 aromatic heterocycles. The number of aryl methyl sites for hydroxylation is 3. The summed E-state index contributed by atoms with van der Waals surface area (Å²) in [5.74, 6) is 0. The van der Waals surface area contributed by atoms with Gasteiger partial charge in [0.15, 0.2) is 0 Å². The van der Waals surface area contributed by atoms with E-state index in [2.05, 4.69) is 79.2 Å². The Labute approximate surface area is 118 Å². The van der Waals surface area contributed by atoms with E-state index in [1.54, 1.807) is 0 Å². The fourth-order valence-corrected chi connectivity index (χ4v) is 2.74. The van der Waals surface area contributed by atoms with Gasteiger partial charge in [-0.3, -0.25) is 0 Å². The third-order valence-electron chi connectivity index (χ3n) is 3.55. The molecule has 0 spiro atoms. The van der Waals surface area contributed by atoms with Gasteiger partial charge in [0.25, 0.3) is 0 Å². The highest BCUT2D eigenvalue weighted by atomic mass is 79.9. The number of alkyl halides is 1. The van der Waals surface area contributed by atoms with E-state index in [1.807, 2.05) is 0 Å². The zero-order chi connectivity index (χ0) is 13.1. The lowest BCUT2D eigenvalue weighted by atomic mass is 9.98. The predicted octanol–water partition coefficient (Wildman–Crippen LogP) is 5.29. The largest absolute Gasteiger partial charge is 0.0835 e. The summed E-state index contributed by atoms with van der Waals surface area (Å²) in [6.45, 7) is 6.51. The lowest BCUT2D eigenvalue weighted by molar-refractivity contribution is 0.935. The molecule has 94 valence electrons. The van der Waals surface area contributed by atoms with E-state index in [0.717, 1.165) is 6.42 Å². The van der Waals surface area contributed by atoms with Gasteiger partial charge in [-0.15, -0.1) is 0 Å². The van der Waals surface area contributed by atoms with E-state index in [9.17, 15) is 0 Å². The van der Waals surface area contributed by atoms with Gasteiger partial charge in [0.2, 0.25) is 0 Å². The summed E-state index contributed by atoms with van der Waals surface area (Å²) in [4.78, 5) is 0.387. The van der Waals surface area contributed by atoms with Crippen LogP contribution in [-0.2, 0) is 6.42 Å². The van der Waals surface area contributed by atoms with Crippen molar-refractivity contribution in [3.63, 3.8) is 0 Å². The summed E-state index contributed by atoms with van der Waals surface area (Å²) >= 11 is 3.82. The van der Waals surface area contributed by atoms with Gasteiger partial charge < -0.3 is 0 Å². The quantitative estimate of drug-likeness (QED) is 0.676. The van der Waals surface area contributed by atoms with E-state index in [4.69, 9.17) is 0 Å². The molecule has 0 aliphatic carbocycles. The summed E-state index contributed by atoms with van der Waals surface area (Å²) in [6.07, 6.45) is 1.04. The normalized spacial score (nSPS) is 12.4. The molecule has 0 aliphatic heterocycles. The molecule has 0 aliphatic rings. The molecule has 0 nitrogen and oxygen atoms in total. The van der Waals surface area contributed by atoms with Gasteiger partial charge in [-0.05, 0) is 55.0 Å². The molecule has 0 amide bonds. The van der Waals surface area contributed by atoms with E-state index >= 15 is 0 Å². The third-order valence-corrected chi connectivity index (χ3v) is 4.41. The number of halogens is 1. The van der Waals surface area contributed by atoms with Crippen LogP contribution in [0.3, 0.4) is 0 Å². The van der Waals surface area contributed by atoms with Crippen molar-refractivity contribution < 1.29 is 0 Å². The van der Waals surface area contributed by atoms with Crippen LogP contribution in [0.4, 0.5) is 0 Å². The Morgan fingerprint density at radius 2 is 1.61 bits per heavy atom. The Morgan fingerprint density at radius 1 is 0.889 bits per heavy atom. The number of hydrogen-bond acceptors (Lipinski definition) is 0. The minimum absolute atomic E-state index is 0.387. The number of hydrogen-bond donors (Lipinski definition) is 0. The topological polar surface area (TPSA) is 0 Å². The zero-order valence-corrected chi connectivity index (χ0v) is 12.8. The Morgan fingerprint density at radius 3 is 2.28 bits per heavy atom. The Kier molecular flexibility index (Phi) is 4.23. The predicted molar refractivity (Wildman–Crippen MR) is 82.5 cm³/mol. The van der Waals surface area contributed by atoms with Crippen LogP contribution in [0.25, 0.3) is 0 Å². The second-order valence-corrected chi connectivity index (χ2v) is 6.05. The molecule has 0 fully saturated rings. The Bertz CT molecular complexity index is 543. The van der Waals surface area contributed by atoms with Crippen LogP contribution in [0.15, 0.2) is 42.5 Å². The molecule has 1 atom stereocenters. The molecular weight excluding hydrogens is 284 g/mol. The van der Waals surface area contributed by atoms with Crippen molar-refractivity contribution in [1.82, 2.24) is 0 Å². The van der Waals surface area contributed by atoms with Crippen LogP contribution < -0.4 is 0 Å². The lowest BCUT2D eigenvalue weighted by Gasteiger charge is -2.13. The van der Waals surface area contributed by atoms with Crippen molar-refractivity contribution in [2.45, 2.75) is 32.0 Å². The third kappa shape index (κ3) is 3.02. The lowest BCUT2D eigenvalue weighted by Crippen LogP contribution is -1.98. The van der Waals surface area contributed by atoms with Gasteiger partial charge in [0, 0.05) is 4.83 Å². The summed E-state index contributed by atoms with van der Waals surface area (Å²) in [6, 6.07) is 15.3. The molecule has 1 heteroatoms. The second kappa shape index (κ2) is 5.71. The standard InChI is InChI=1S/C17H19Br/c1-12-8-9-16(10-14(12)3)17(18)11-15-7-5-4-6-13(15)2/h4-10,17H,11H2,1-3H3. The highest BCUT2D eigenvalue weighted by Crippen LogP contribution is 2.29. The van der Waals surface area contributed by atoms with E-state index in [1.165, 1.54) is 27.8 Å². The molecule has 0 saturated heterocycles. The summed E-state index contributed by atoms with van der Waals surface area (Å²) in [5.41, 5.74) is 6.86. The molecule has 0 heterocycles. The van der Waals surface area contributed by atoms with E-state index < -0.39 is 0 Å². The molecule has 2 aromatic rings. The fraction of sp³-hybridized carbons (Fsp3) is 0.294. The highest BCUT2D eigenvalue weighted by Gasteiger charge is 2.10. The van der Waals surface area contributed by atoms with Gasteiger partial charge in [-0.25, -0.2) is 0 Å². The van der Waals surface area contributed by atoms with Crippen molar-refractivity contribution in [2.75, 3.05) is 0 Å². The average molecular weight is 303 g/mol. The van der Waals surface area contributed by atoms with Crippen LogP contribution in [0, 0.1) is 20.8 Å². The van der Waals surface area contributed by atoms with Crippen LogP contribution in [-0.4, -0.2) is 0 Å². The minimum Gasteiger partial charge on any atom is -0.0835 e. The molecule has 0 bridgehead atoms. The van der Waals surface area contributed by atoms with Crippen LogP contribution in [0.1, 0.15) is 32.6 Å². The summed E-state index contributed by atoms with van der Waals surface area (Å²) in [7, 11) is 0. The van der Waals surface area contributed by atoms with Crippen molar-refractivity contribution in [3.05, 3.63) is 70.3 Å². The zero-order valence-electron chi connectivity index (χ0n) is 11.2. The summed E-state index contributed by atoms with van der Waals surface area (Å²) < 4.78 is 0. The Hall–Kier alpha value is -1.08. The van der Waals surface area contributed by atoms with Gasteiger partial charge in [0.05, 0.1) is 0 Å². The maximum atomic E-state index is 3.82. The smallest absolute Gasteiger partial charge is 0.0435 e. The molecule has 18 heavy (non-hydrogen) atoms. The molecule has 2 rings (SSSR count). The molecule has 0 radical (unpaired) electrons. The first-order valence-corrected chi connectivity index (χ1v) is 7.25. The number of benzene rings is 2.